The van der Waals surface area contributed by atoms with E-state index in [2.05, 4.69) is 394 Å². The van der Waals surface area contributed by atoms with Crippen molar-refractivity contribution >= 4 is 109 Å². The number of para-hydroxylation sites is 4. The minimum atomic E-state index is 0.177. The Bertz CT molecular complexity index is 8420. The van der Waals surface area contributed by atoms with E-state index in [0.29, 0.717) is 0 Å². The highest BCUT2D eigenvalue weighted by Crippen LogP contribution is 2.72. The molecule has 32 rings (SSSR count). The second kappa shape index (κ2) is 27.1. The Balaban J connectivity index is 0.000000127. The van der Waals surface area contributed by atoms with Gasteiger partial charge in [0.05, 0.1) is 44.1 Å². The van der Waals surface area contributed by atoms with Crippen LogP contribution in [0.3, 0.4) is 0 Å². The van der Waals surface area contributed by atoms with Crippen molar-refractivity contribution in [2.75, 3.05) is 0 Å². The summed E-state index contributed by atoms with van der Waals surface area (Å²) in [4.78, 5) is 4.95. The molecule has 5 aromatic heterocycles. The van der Waals surface area contributed by atoms with Crippen molar-refractivity contribution in [1.29, 1.82) is 0 Å². The van der Waals surface area contributed by atoms with Gasteiger partial charge in [0, 0.05) is 82.6 Å². The van der Waals surface area contributed by atoms with E-state index in [9.17, 15) is 0 Å². The molecule has 608 valence electrons. The number of hydrogen-bond donors (Lipinski definition) is 0. The van der Waals surface area contributed by atoms with Gasteiger partial charge in [-0.3, -0.25) is 4.57 Å². The van der Waals surface area contributed by atoms with Crippen LogP contribution in [0.5, 0.6) is 0 Å². The van der Waals surface area contributed by atoms with E-state index < -0.39 is 0 Å². The highest BCUT2D eigenvalue weighted by Gasteiger charge is 2.63. The Morgan fingerprint density at radius 2 is 0.500 bits per heavy atom. The van der Waals surface area contributed by atoms with Crippen molar-refractivity contribution in [3.8, 4) is 89.6 Å². The van der Waals surface area contributed by atoms with Gasteiger partial charge in [0.15, 0.2) is 0 Å². The smallest absolute Gasteiger partial charge is 0.145 e. The maximum absolute atomic E-state index is 4.95. The maximum atomic E-state index is 4.95. The largest absolute Gasteiger partial charge is 0.309 e. The van der Waals surface area contributed by atoms with E-state index >= 15 is 0 Å². The minimum absolute atomic E-state index is 0.177. The first-order valence-electron chi connectivity index (χ1n) is 47.0. The highest BCUT2D eigenvalue weighted by atomic mass is 15.1. The average Bonchev–Trinajstić information content (AvgIpc) is 1.48. The van der Waals surface area contributed by atoms with Gasteiger partial charge in [-0.2, -0.15) is 0 Å². The normalized spacial score (nSPS) is 21.8. The summed E-state index contributed by atoms with van der Waals surface area (Å²) in [6, 6.07) is 142. The molecular weight excluding hydrogens is 1550 g/mol. The van der Waals surface area contributed by atoms with Gasteiger partial charge in [-0.1, -0.05) is 249 Å². The number of rotatable bonds is 8. The van der Waals surface area contributed by atoms with Gasteiger partial charge < -0.3 is 13.7 Å². The van der Waals surface area contributed by atoms with Crippen LogP contribution >= 0.6 is 0 Å². The molecule has 0 N–H and O–H groups in total. The summed E-state index contributed by atoms with van der Waals surface area (Å²) in [5, 5.41) is 14.9. The molecule has 8 fully saturated rings. The highest BCUT2D eigenvalue weighted by molar-refractivity contribution is 6.16. The van der Waals surface area contributed by atoms with Crippen molar-refractivity contribution in [3.63, 3.8) is 0 Å². The average molecular weight is 1640 g/mol. The first-order valence-corrected chi connectivity index (χ1v) is 47.0. The van der Waals surface area contributed by atoms with E-state index in [1.54, 1.807) is 22.3 Å². The van der Waals surface area contributed by atoms with Gasteiger partial charge >= 0.3 is 0 Å². The predicted octanol–water partition coefficient (Wildman–Crippen LogP) is 31.6. The molecule has 128 heavy (non-hydrogen) atoms. The lowest BCUT2D eigenvalue weighted by molar-refractivity contribution is -0.0399. The van der Waals surface area contributed by atoms with Gasteiger partial charge in [-0.15, -0.1) is 0 Å². The third kappa shape index (κ3) is 10.2. The van der Waals surface area contributed by atoms with Gasteiger partial charge in [-0.05, 0) is 344 Å². The lowest BCUT2D eigenvalue weighted by atomic mass is 9.43. The van der Waals surface area contributed by atoms with Crippen LogP contribution < -0.4 is 0 Å². The predicted molar refractivity (Wildman–Crippen MR) is 531 cm³/mol. The molecule has 5 nitrogen and oxygen atoms in total. The Kier molecular flexibility index (Phi) is 15.2. The monoisotopic (exact) mass is 1640 g/mol. The molecule has 5 heteroatoms. The number of nitrogens with zero attached hydrogens (tertiary/aromatic N) is 5. The van der Waals surface area contributed by atoms with Crippen molar-refractivity contribution in [3.05, 3.63) is 405 Å². The summed E-state index contributed by atoms with van der Waals surface area (Å²) < 4.78 is 9.67. The molecule has 10 aliphatic rings. The quantitative estimate of drug-likeness (QED) is 0.149. The van der Waals surface area contributed by atoms with Crippen LogP contribution in [-0.2, 0) is 10.8 Å². The topological polar surface area (TPSA) is 32.6 Å². The minimum Gasteiger partial charge on any atom is -0.309 e. The Hall–Kier alpha value is -14.4. The molecule has 10 aliphatic carbocycles. The van der Waals surface area contributed by atoms with Gasteiger partial charge in [0.2, 0.25) is 0 Å². The first kappa shape index (κ1) is 71.8. The van der Waals surface area contributed by atoms with Crippen LogP contribution in [0.15, 0.2) is 382 Å². The molecule has 0 radical (unpaired) electrons. The molecule has 2 spiro atoms. The van der Waals surface area contributed by atoms with E-state index in [4.69, 9.17) is 4.98 Å². The molecule has 0 amide bonds. The number of hydrogen-bond acceptors (Lipinski definition) is 1. The van der Waals surface area contributed by atoms with Crippen LogP contribution in [-0.4, -0.2) is 23.3 Å². The van der Waals surface area contributed by atoms with Crippen LogP contribution in [0.2, 0.25) is 0 Å². The summed E-state index contributed by atoms with van der Waals surface area (Å²) in [5.74, 6) is 7.80. The van der Waals surface area contributed by atoms with Gasteiger partial charge in [-0.25, -0.2) is 4.98 Å². The molecule has 22 aromatic rings. The number of fused-ring (bicyclic) bond motifs is 20. The maximum Gasteiger partial charge on any atom is 0.145 e. The molecule has 0 atom stereocenters. The van der Waals surface area contributed by atoms with Crippen molar-refractivity contribution < 1.29 is 0 Å². The third-order valence-corrected chi connectivity index (χ3v) is 33.2. The van der Waals surface area contributed by atoms with Crippen LogP contribution in [0, 0.1) is 47.3 Å². The molecule has 0 aliphatic heterocycles. The van der Waals surface area contributed by atoms with Gasteiger partial charge in [0.1, 0.15) is 5.82 Å². The fraction of sp³-hybridized carbons (Fsp3) is 0.163. The van der Waals surface area contributed by atoms with E-state index in [1.165, 1.54) is 240 Å². The molecular formula is C123H91N5. The molecule has 5 heterocycles. The fourth-order valence-electron chi connectivity index (χ4n) is 28.5. The zero-order valence-electron chi connectivity index (χ0n) is 71.3. The summed E-state index contributed by atoms with van der Waals surface area (Å²) in [6.45, 7) is 0. The van der Waals surface area contributed by atoms with E-state index in [0.717, 1.165) is 69.6 Å². The Morgan fingerprint density at radius 3 is 0.930 bits per heavy atom. The number of aromatic nitrogens is 5. The number of pyridine rings is 1. The van der Waals surface area contributed by atoms with Crippen LogP contribution in [0.1, 0.15) is 86.5 Å². The van der Waals surface area contributed by atoms with Crippen molar-refractivity contribution in [2.24, 2.45) is 47.3 Å². The third-order valence-electron chi connectivity index (χ3n) is 33.2. The second-order valence-electron chi connectivity index (χ2n) is 39.3. The second-order valence-corrected chi connectivity index (χ2v) is 39.3. The summed E-state index contributed by atoms with van der Waals surface area (Å²) in [6.07, 6.45) is 16.2. The fourth-order valence-corrected chi connectivity index (χ4v) is 28.5. The van der Waals surface area contributed by atoms with Crippen LogP contribution in [0.25, 0.3) is 198 Å². The van der Waals surface area contributed by atoms with E-state index in [1.807, 2.05) is 6.20 Å². The molecule has 0 saturated heterocycles. The van der Waals surface area contributed by atoms with Crippen molar-refractivity contribution in [1.82, 2.24) is 23.3 Å². The summed E-state index contributed by atoms with van der Waals surface area (Å²) in [5.41, 5.74) is 36.2. The van der Waals surface area contributed by atoms with E-state index in [-0.39, 0.29) is 10.8 Å². The van der Waals surface area contributed by atoms with Gasteiger partial charge in [0.25, 0.3) is 0 Å². The lowest BCUT2D eigenvalue weighted by Crippen LogP contribution is -2.55. The zero-order valence-corrected chi connectivity index (χ0v) is 71.3. The Morgan fingerprint density at radius 1 is 0.195 bits per heavy atom. The molecule has 17 aromatic carbocycles. The SMILES string of the molecule is c1ccc2c(c1)-c1ccc(-c3ccc(-n4c5ccccc5c5cc(-c6ccc7c(c6)c6ccccc6n7-c6ccc7ccccc7c6)ccc54)cc3)cc1C21C2CC3CC(C2)CC1C3.c1ccc2c(c1)-c1ccc(-c3ccc(-n4c5ccccc5c5cc(-c6ccc7c(c6)c6ccccc6n7-c6nccc7ccccc67)ccc54)cc3)cc1C21C2CC3CC(C2)CC1C3. The first-order chi connectivity index (χ1) is 63.4. The standard InChI is InChI=1S/C62H46N2.C61H45N3/c1-2-10-42-34-49(25-19-40(42)9-1)64-59-16-8-5-13-53(59)55-36-44(22-28-61(55)64)43-21-27-60-54(35-43)52-12-4-7-15-58(52)63(60)48-23-17-41(18-24-48)45-20-26-51-50-11-3-6-14-56(50)62(57(51)37-45)46-30-38-29-39(32-46)33-47(62)31-38;1-2-10-47-40(9-1)27-28-62-60(47)64-57-16-8-5-13-51(57)53-35-42(21-26-59(53)64)41-20-25-58-52(34-41)50-12-4-7-15-56(50)63(58)46-22-17-39(18-23-46)43-19-24-49-48-11-3-6-14-54(48)61(55(49)36-43)44-30-37-29-38(32-44)33-45(61)31-37/h1-28,34-39,46-47H,29-33H2;1-28,34-38,44-45H,29-33H2. The summed E-state index contributed by atoms with van der Waals surface area (Å²) in [7, 11) is 0. The Labute approximate surface area is 743 Å². The molecule has 8 bridgehead atoms. The lowest BCUT2D eigenvalue weighted by Gasteiger charge is -2.61. The number of benzene rings is 17. The zero-order chi connectivity index (χ0) is 83.3. The summed E-state index contributed by atoms with van der Waals surface area (Å²) >= 11 is 0. The molecule has 8 saturated carbocycles. The van der Waals surface area contributed by atoms with Crippen molar-refractivity contribution in [2.45, 2.75) is 75.0 Å². The molecule has 0 unspecified atom stereocenters. The van der Waals surface area contributed by atoms with Crippen LogP contribution in [0.4, 0.5) is 0 Å².